The molecule has 8 heteroatoms. The van der Waals surface area contributed by atoms with Crippen molar-refractivity contribution in [3.05, 3.63) is 63.6 Å². The average molecular weight is 445 g/mol. The number of aromatic nitrogens is 2. The maximum Gasteiger partial charge on any atom is 0.274 e. The number of carbonyl (C=O) groups is 2. The highest BCUT2D eigenvalue weighted by molar-refractivity contribution is 9.10. The quantitative estimate of drug-likeness (QED) is 0.671. The molecular formula is C19H17BrN4O2S. The summed E-state index contributed by atoms with van der Waals surface area (Å²) in [6, 6.07) is 13.1. The second-order valence-corrected chi connectivity index (χ2v) is 8.01. The van der Waals surface area contributed by atoms with E-state index in [1.54, 1.807) is 33.3 Å². The number of nitrogens with zero attached hydrogens (tertiary/aromatic N) is 3. The van der Waals surface area contributed by atoms with E-state index in [2.05, 4.69) is 26.1 Å². The second kappa shape index (κ2) is 7.66. The van der Waals surface area contributed by atoms with E-state index in [4.69, 9.17) is 0 Å². The highest BCUT2D eigenvalue weighted by Gasteiger charge is 2.27. The van der Waals surface area contributed by atoms with Crippen LogP contribution >= 0.6 is 27.3 Å². The molecule has 0 radical (unpaired) electrons. The maximum absolute atomic E-state index is 12.7. The summed E-state index contributed by atoms with van der Waals surface area (Å²) >= 11 is 5.02. The summed E-state index contributed by atoms with van der Waals surface area (Å²) in [7, 11) is 0. The van der Waals surface area contributed by atoms with E-state index < -0.39 is 0 Å². The zero-order valence-corrected chi connectivity index (χ0v) is 16.8. The summed E-state index contributed by atoms with van der Waals surface area (Å²) in [5, 5.41) is 9.08. The Morgan fingerprint density at radius 2 is 1.70 bits per heavy atom. The Morgan fingerprint density at radius 1 is 1.00 bits per heavy atom. The summed E-state index contributed by atoms with van der Waals surface area (Å²) in [5.74, 6) is -0.128. The zero-order chi connectivity index (χ0) is 18.8. The van der Waals surface area contributed by atoms with Crippen molar-refractivity contribution >= 4 is 39.1 Å². The van der Waals surface area contributed by atoms with Gasteiger partial charge in [0.15, 0.2) is 5.69 Å². The van der Waals surface area contributed by atoms with Crippen molar-refractivity contribution in [3.8, 4) is 10.6 Å². The lowest BCUT2D eigenvalue weighted by atomic mass is 10.2. The number of carbonyl (C=O) groups excluding carboxylic acids is 2. The Hall–Kier alpha value is -2.45. The van der Waals surface area contributed by atoms with E-state index >= 15 is 0 Å². The van der Waals surface area contributed by atoms with Gasteiger partial charge in [-0.05, 0) is 45.6 Å². The largest absolute Gasteiger partial charge is 0.335 e. The van der Waals surface area contributed by atoms with Gasteiger partial charge in [-0.1, -0.05) is 18.2 Å². The molecule has 1 aliphatic rings. The second-order valence-electron chi connectivity index (χ2n) is 6.21. The highest BCUT2D eigenvalue weighted by atomic mass is 79.9. The van der Waals surface area contributed by atoms with Gasteiger partial charge < -0.3 is 9.80 Å². The van der Waals surface area contributed by atoms with Gasteiger partial charge in [-0.15, -0.1) is 11.3 Å². The molecule has 2 amide bonds. The minimum Gasteiger partial charge on any atom is -0.335 e. The number of benzene rings is 1. The summed E-state index contributed by atoms with van der Waals surface area (Å²) in [4.78, 5) is 30.0. The number of hydrogen-bond acceptors (Lipinski definition) is 4. The fourth-order valence-electron chi connectivity index (χ4n) is 3.07. The van der Waals surface area contributed by atoms with E-state index in [9.17, 15) is 9.59 Å². The van der Waals surface area contributed by atoms with Gasteiger partial charge in [-0.2, -0.15) is 5.10 Å². The van der Waals surface area contributed by atoms with Gasteiger partial charge in [0.25, 0.3) is 11.8 Å². The van der Waals surface area contributed by atoms with Crippen LogP contribution in [0.2, 0.25) is 0 Å². The van der Waals surface area contributed by atoms with Crippen LogP contribution in [0, 0.1) is 0 Å². The molecule has 1 N–H and O–H groups in total. The zero-order valence-electron chi connectivity index (χ0n) is 14.4. The molecule has 1 saturated heterocycles. The monoisotopic (exact) mass is 444 g/mol. The van der Waals surface area contributed by atoms with E-state index in [0.717, 1.165) is 15.0 Å². The third kappa shape index (κ3) is 3.68. The molecule has 4 rings (SSSR count). The van der Waals surface area contributed by atoms with Crippen LogP contribution < -0.4 is 0 Å². The average Bonchev–Trinajstić information content (AvgIpc) is 3.39. The van der Waals surface area contributed by atoms with Crippen molar-refractivity contribution in [2.75, 3.05) is 26.2 Å². The summed E-state index contributed by atoms with van der Waals surface area (Å²) in [6.07, 6.45) is 0. The third-order valence-electron chi connectivity index (χ3n) is 4.54. The molecule has 27 heavy (non-hydrogen) atoms. The van der Waals surface area contributed by atoms with Crippen LogP contribution in [0.5, 0.6) is 0 Å². The Morgan fingerprint density at radius 3 is 2.37 bits per heavy atom. The smallest absolute Gasteiger partial charge is 0.274 e. The van der Waals surface area contributed by atoms with Crippen LogP contribution in [-0.4, -0.2) is 58.0 Å². The molecule has 0 spiro atoms. The lowest BCUT2D eigenvalue weighted by molar-refractivity contribution is 0.0532. The maximum atomic E-state index is 12.7. The third-order valence-corrected chi connectivity index (χ3v) is 6.14. The van der Waals surface area contributed by atoms with Crippen LogP contribution in [0.4, 0.5) is 0 Å². The topological polar surface area (TPSA) is 69.3 Å². The molecule has 6 nitrogen and oxygen atoms in total. The first-order valence-electron chi connectivity index (χ1n) is 8.56. The van der Waals surface area contributed by atoms with Crippen LogP contribution in [-0.2, 0) is 0 Å². The molecule has 3 heterocycles. The summed E-state index contributed by atoms with van der Waals surface area (Å²) < 4.78 is 0.783. The van der Waals surface area contributed by atoms with E-state index in [1.807, 2.05) is 35.7 Å². The van der Waals surface area contributed by atoms with Crippen LogP contribution in [0.25, 0.3) is 10.6 Å². The standard InChI is InChI=1S/C19H17BrN4O2S/c20-14-5-2-1-4-13(14)18(25)23-7-9-24(10-8-23)19(26)16-12-15(21-22-16)17-6-3-11-27-17/h1-6,11-12H,7-10H2,(H,21,22). The first kappa shape index (κ1) is 17.9. The van der Waals surface area contributed by atoms with Gasteiger partial charge in [0.1, 0.15) is 0 Å². The number of hydrogen-bond donors (Lipinski definition) is 1. The van der Waals surface area contributed by atoms with Crippen molar-refractivity contribution < 1.29 is 9.59 Å². The van der Waals surface area contributed by atoms with Crippen LogP contribution in [0.3, 0.4) is 0 Å². The van der Waals surface area contributed by atoms with Crippen molar-refractivity contribution in [3.63, 3.8) is 0 Å². The number of rotatable bonds is 3. The van der Waals surface area contributed by atoms with Gasteiger partial charge >= 0.3 is 0 Å². The lowest BCUT2D eigenvalue weighted by Crippen LogP contribution is -2.50. The molecule has 138 valence electrons. The number of halogens is 1. The lowest BCUT2D eigenvalue weighted by Gasteiger charge is -2.34. The van der Waals surface area contributed by atoms with E-state index in [-0.39, 0.29) is 11.8 Å². The predicted molar refractivity (Wildman–Crippen MR) is 108 cm³/mol. The molecule has 0 atom stereocenters. The first-order valence-corrected chi connectivity index (χ1v) is 10.2. The minimum absolute atomic E-state index is 0.0191. The number of piperazine rings is 1. The number of nitrogens with one attached hydrogen (secondary N) is 1. The molecule has 0 bridgehead atoms. The fourth-order valence-corrected chi connectivity index (χ4v) is 4.22. The Balaban J connectivity index is 1.40. The van der Waals surface area contributed by atoms with Crippen molar-refractivity contribution in [1.82, 2.24) is 20.0 Å². The van der Waals surface area contributed by atoms with Gasteiger partial charge in [-0.25, -0.2) is 0 Å². The molecule has 3 aromatic rings. The van der Waals surface area contributed by atoms with E-state index in [1.165, 1.54) is 0 Å². The normalized spacial score (nSPS) is 14.4. The Labute approximate surface area is 168 Å². The number of H-pyrrole nitrogens is 1. The first-order chi connectivity index (χ1) is 13.1. The molecule has 1 aliphatic heterocycles. The fraction of sp³-hybridized carbons (Fsp3) is 0.211. The number of thiophene rings is 1. The van der Waals surface area contributed by atoms with Gasteiger partial charge in [-0.3, -0.25) is 14.7 Å². The minimum atomic E-state index is -0.109. The Kier molecular flexibility index (Phi) is 5.09. The molecule has 0 saturated carbocycles. The van der Waals surface area contributed by atoms with Gasteiger partial charge in [0, 0.05) is 30.7 Å². The SMILES string of the molecule is O=C(c1cc(-c2cccs2)[nH]n1)N1CCN(C(=O)c2ccccc2Br)CC1. The molecular weight excluding hydrogens is 428 g/mol. The molecule has 1 fully saturated rings. The van der Waals surface area contributed by atoms with Crippen molar-refractivity contribution in [2.45, 2.75) is 0 Å². The number of amides is 2. The van der Waals surface area contributed by atoms with Crippen LogP contribution in [0.1, 0.15) is 20.8 Å². The predicted octanol–water partition coefficient (Wildman–Crippen LogP) is 3.50. The molecule has 0 unspecified atom stereocenters. The van der Waals surface area contributed by atoms with Crippen molar-refractivity contribution in [1.29, 1.82) is 0 Å². The van der Waals surface area contributed by atoms with Gasteiger partial charge in [0.2, 0.25) is 0 Å². The molecule has 1 aromatic carbocycles. The molecule has 0 aliphatic carbocycles. The van der Waals surface area contributed by atoms with Crippen molar-refractivity contribution in [2.24, 2.45) is 0 Å². The highest BCUT2D eigenvalue weighted by Crippen LogP contribution is 2.24. The summed E-state index contributed by atoms with van der Waals surface area (Å²) in [6.45, 7) is 2.01. The molecule has 2 aromatic heterocycles. The Bertz CT molecular complexity index is 962. The van der Waals surface area contributed by atoms with E-state index in [0.29, 0.717) is 37.4 Å². The number of aromatic amines is 1. The summed E-state index contributed by atoms with van der Waals surface area (Å²) in [5.41, 5.74) is 1.89. The van der Waals surface area contributed by atoms with Gasteiger partial charge in [0.05, 0.1) is 16.1 Å². The van der Waals surface area contributed by atoms with Crippen LogP contribution in [0.15, 0.2) is 52.3 Å².